The molecule has 1 saturated heterocycles. The molecular weight excluding hydrogens is 172 g/mol. The first-order valence-electron chi connectivity index (χ1n) is 5.55. The average molecular weight is 190 g/mol. The number of nitrogens with zero attached hydrogens (tertiary/aromatic N) is 1. The Morgan fingerprint density at radius 2 is 2.21 bits per heavy atom. The van der Waals surface area contributed by atoms with Crippen molar-refractivity contribution in [3.05, 3.63) is 29.6 Å². The van der Waals surface area contributed by atoms with Gasteiger partial charge in [0.1, 0.15) is 0 Å². The first-order valence-corrected chi connectivity index (χ1v) is 5.55. The lowest BCUT2D eigenvalue weighted by molar-refractivity contribution is 0.458. The molecule has 0 aliphatic carbocycles. The molecule has 1 fully saturated rings. The molecule has 0 spiro atoms. The highest BCUT2D eigenvalue weighted by Gasteiger charge is 2.17. The summed E-state index contributed by atoms with van der Waals surface area (Å²) in [5, 5.41) is 3.41. The van der Waals surface area contributed by atoms with Crippen molar-refractivity contribution in [3.8, 4) is 0 Å². The molecule has 14 heavy (non-hydrogen) atoms. The van der Waals surface area contributed by atoms with Crippen molar-refractivity contribution in [2.24, 2.45) is 0 Å². The van der Waals surface area contributed by atoms with Gasteiger partial charge in [-0.2, -0.15) is 0 Å². The summed E-state index contributed by atoms with van der Waals surface area (Å²) >= 11 is 0. The molecule has 0 unspecified atom stereocenters. The summed E-state index contributed by atoms with van der Waals surface area (Å²) in [6, 6.07) is 2.20. The van der Waals surface area contributed by atoms with Gasteiger partial charge in [0.05, 0.1) is 0 Å². The Morgan fingerprint density at radius 1 is 1.43 bits per heavy atom. The molecule has 0 saturated carbocycles. The Labute approximate surface area is 85.7 Å². The van der Waals surface area contributed by atoms with Crippen LogP contribution in [0.2, 0.25) is 0 Å². The number of aryl methyl sites for hydroxylation is 1. The van der Waals surface area contributed by atoms with E-state index in [1.165, 1.54) is 24.0 Å². The standard InChI is InChI=1S/C12H18N2/c1-2-10-9-14-8-5-12(10)11-3-6-13-7-4-11/h5,8-9,11,13H,2-4,6-7H2,1H3. The Kier molecular flexibility index (Phi) is 3.14. The molecule has 1 aliphatic heterocycles. The number of hydrogen-bond acceptors (Lipinski definition) is 2. The lowest BCUT2D eigenvalue weighted by atomic mass is 9.87. The fraction of sp³-hybridized carbons (Fsp3) is 0.583. The molecule has 0 aromatic carbocycles. The van der Waals surface area contributed by atoms with E-state index in [-0.39, 0.29) is 0 Å². The van der Waals surface area contributed by atoms with Crippen LogP contribution in [0, 0.1) is 0 Å². The van der Waals surface area contributed by atoms with Crippen molar-refractivity contribution < 1.29 is 0 Å². The molecule has 2 nitrogen and oxygen atoms in total. The number of pyridine rings is 1. The predicted molar refractivity (Wildman–Crippen MR) is 58.5 cm³/mol. The first kappa shape index (κ1) is 9.66. The van der Waals surface area contributed by atoms with Crippen LogP contribution in [-0.4, -0.2) is 18.1 Å². The van der Waals surface area contributed by atoms with Crippen molar-refractivity contribution in [2.45, 2.75) is 32.1 Å². The second kappa shape index (κ2) is 4.56. The normalized spacial score (nSPS) is 18.4. The van der Waals surface area contributed by atoms with Crippen molar-refractivity contribution in [1.29, 1.82) is 0 Å². The van der Waals surface area contributed by atoms with Crippen molar-refractivity contribution in [1.82, 2.24) is 10.3 Å². The van der Waals surface area contributed by atoms with Crippen LogP contribution in [-0.2, 0) is 6.42 Å². The van der Waals surface area contributed by atoms with Gasteiger partial charge in [-0.15, -0.1) is 0 Å². The van der Waals surface area contributed by atoms with Gasteiger partial charge in [0.25, 0.3) is 0 Å². The summed E-state index contributed by atoms with van der Waals surface area (Å²) in [5.74, 6) is 0.759. The Balaban J connectivity index is 2.20. The van der Waals surface area contributed by atoms with E-state index < -0.39 is 0 Å². The van der Waals surface area contributed by atoms with E-state index in [0.717, 1.165) is 25.4 Å². The number of hydrogen-bond donors (Lipinski definition) is 1. The molecule has 0 radical (unpaired) electrons. The summed E-state index contributed by atoms with van der Waals surface area (Å²) in [5.41, 5.74) is 2.96. The summed E-state index contributed by atoms with van der Waals surface area (Å²) < 4.78 is 0. The minimum atomic E-state index is 0.759. The van der Waals surface area contributed by atoms with Gasteiger partial charge in [-0.05, 0) is 55.5 Å². The van der Waals surface area contributed by atoms with E-state index in [0.29, 0.717) is 0 Å². The molecule has 2 heteroatoms. The van der Waals surface area contributed by atoms with Gasteiger partial charge in [-0.25, -0.2) is 0 Å². The van der Waals surface area contributed by atoms with Crippen LogP contribution in [0.5, 0.6) is 0 Å². The van der Waals surface area contributed by atoms with Gasteiger partial charge < -0.3 is 5.32 Å². The minimum Gasteiger partial charge on any atom is -0.317 e. The molecule has 2 rings (SSSR count). The summed E-state index contributed by atoms with van der Waals surface area (Å²) in [4.78, 5) is 4.20. The molecule has 1 aliphatic rings. The van der Waals surface area contributed by atoms with Crippen LogP contribution in [0.1, 0.15) is 36.8 Å². The largest absolute Gasteiger partial charge is 0.317 e. The number of nitrogens with one attached hydrogen (secondary N) is 1. The fourth-order valence-electron chi connectivity index (χ4n) is 2.26. The van der Waals surface area contributed by atoms with E-state index in [9.17, 15) is 0 Å². The van der Waals surface area contributed by atoms with Gasteiger partial charge in [-0.3, -0.25) is 4.98 Å². The summed E-state index contributed by atoms with van der Waals surface area (Å²) in [7, 11) is 0. The smallest absolute Gasteiger partial charge is 0.0302 e. The minimum absolute atomic E-state index is 0.759. The van der Waals surface area contributed by atoms with Crippen LogP contribution < -0.4 is 5.32 Å². The third-order valence-electron chi connectivity index (χ3n) is 3.10. The third-order valence-corrected chi connectivity index (χ3v) is 3.10. The Morgan fingerprint density at radius 3 is 2.93 bits per heavy atom. The van der Waals surface area contributed by atoms with Crippen molar-refractivity contribution >= 4 is 0 Å². The van der Waals surface area contributed by atoms with E-state index in [1.54, 1.807) is 0 Å². The SMILES string of the molecule is CCc1cnccc1C1CCNCC1. The topological polar surface area (TPSA) is 24.9 Å². The van der Waals surface area contributed by atoms with E-state index >= 15 is 0 Å². The monoisotopic (exact) mass is 190 g/mol. The third kappa shape index (κ3) is 1.95. The zero-order valence-electron chi connectivity index (χ0n) is 8.79. The van der Waals surface area contributed by atoms with Gasteiger partial charge in [0, 0.05) is 12.4 Å². The predicted octanol–water partition coefficient (Wildman–Crippen LogP) is 2.11. The highest BCUT2D eigenvalue weighted by molar-refractivity contribution is 5.27. The molecule has 1 aromatic heterocycles. The highest BCUT2D eigenvalue weighted by atomic mass is 14.9. The van der Waals surface area contributed by atoms with Crippen LogP contribution in [0.15, 0.2) is 18.5 Å². The maximum absolute atomic E-state index is 4.20. The summed E-state index contributed by atoms with van der Waals surface area (Å²) in [6.07, 6.45) is 7.61. The quantitative estimate of drug-likeness (QED) is 0.772. The highest BCUT2D eigenvalue weighted by Crippen LogP contribution is 2.27. The second-order valence-electron chi connectivity index (χ2n) is 3.95. The van der Waals surface area contributed by atoms with Gasteiger partial charge >= 0.3 is 0 Å². The van der Waals surface area contributed by atoms with Crippen molar-refractivity contribution in [3.63, 3.8) is 0 Å². The summed E-state index contributed by atoms with van der Waals surface area (Å²) in [6.45, 7) is 4.54. The average Bonchev–Trinajstić information content (AvgIpc) is 2.30. The molecule has 0 atom stereocenters. The maximum atomic E-state index is 4.20. The van der Waals surface area contributed by atoms with Gasteiger partial charge in [0.2, 0.25) is 0 Å². The zero-order valence-corrected chi connectivity index (χ0v) is 8.79. The van der Waals surface area contributed by atoms with Crippen LogP contribution in [0.4, 0.5) is 0 Å². The molecule has 2 heterocycles. The Bertz CT molecular complexity index is 290. The van der Waals surface area contributed by atoms with E-state index in [2.05, 4.69) is 23.3 Å². The van der Waals surface area contributed by atoms with Crippen molar-refractivity contribution in [2.75, 3.05) is 13.1 Å². The maximum Gasteiger partial charge on any atom is 0.0302 e. The molecule has 0 amide bonds. The zero-order chi connectivity index (χ0) is 9.80. The number of piperidine rings is 1. The second-order valence-corrected chi connectivity index (χ2v) is 3.95. The lowest BCUT2D eigenvalue weighted by Crippen LogP contribution is -2.27. The molecular formula is C12H18N2. The molecule has 0 bridgehead atoms. The lowest BCUT2D eigenvalue weighted by Gasteiger charge is -2.24. The molecule has 1 N–H and O–H groups in total. The van der Waals surface area contributed by atoms with Gasteiger partial charge in [0.15, 0.2) is 0 Å². The number of rotatable bonds is 2. The van der Waals surface area contributed by atoms with Crippen LogP contribution in [0.25, 0.3) is 0 Å². The fourth-order valence-corrected chi connectivity index (χ4v) is 2.26. The molecule has 1 aromatic rings. The van der Waals surface area contributed by atoms with Crippen LogP contribution >= 0.6 is 0 Å². The number of aromatic nitrogens is 1. The Hall–Kier alpha value is -0.890. The molecule has 76 valence electrons. The van der Waals surface area contributed by atoms with Crippen LogP contribution in [0.3, 0.4) is 0 Å². The van der Waals surface area contributed by atoms with Gasteiger partial charge in [-0.1, -0.05) is 6.92 Å². The first-order chi connectivity index (χ1) is 6.92. The van der Waals surface area contributed by atoms with E-state index in [1.807, 2.05) is 12.4 Å². The van der Waals surface area contributed by atoms with E-state index in [4.69, 9.17) is 0 Å².